The number of hydrogen-bond donors (Lipinski definition) is 1. The molecular formula is C22H23N3O3. The van der Waals surface area contributed by atoms with E-state index in [4.69, 9.17) is 4.74 Å². The zero-order valence-corrected chi connectivity index (χ0v) is 16.4. The number of carbonyl (C=O) groups excluding carboxylic acids is 2. The molecule has 144 valence electrons. The van der Waals surface area contributed by atoms with E-state index in [0.717, 1.165) is 11.3 Å². The number of benzene rings is 2. The monoisotopic (exact) mass is 377 g/mol. The van der Waals surface area contributed by atoms with E-state index in [2.05, 4.69) is 10.4 Å². The number of aromatic nitrogens is 2. The van der Waals surface area contributed by atoms with Crippen molar-refractivity contribution in [3.8, 4) is 11.4 Å². The smallest absolute Gasteiger partial charge is 0.293 e. The number of rotatable bonds is 6. The Kier molecular flexibility index (Phi) is 5.59. The zero-order valence-electron chi connectivity index (χ0n) is 16.4. The molecule has 0 saturated heterocycles. The number of nitrogens with one attached hydrogen (secondary N) is 1. The molecule has 6 heteroatoms. The molecule has 1 atom stereocenters. The second-order valence-corrected chi connectivity index (χ2v) is 6.56. The maximum Gasteiger partial charge on any atom is 0.293 e. The first kappa shape index (κ1) is 19.4. The second kappa shape index (κ2) is 8.08. The van der Waals surface area contributed by atoms with Crippen molar-refractivity contribution in [3.63, 3.8) is 0 Å². The third-order valence-electron chi connectivity index (χ3n) is 4.68. The van der Waals surface area contributed by atoms with Crippen LogP contribution in [0.4, 0.5) is 0 Å². The van der Waals surface area contributed by atoms with E-state index >= 15 is 0 Å². The number of ether oxygens (including phenoxy) is 1. The molecule has 1 N–H and O–H groups in total. The lowest BCUT2D eigenvalue weighted by Gasteiger charge is -2.16. The summed E-state index contributed by atoms with van der Waals surface area (Å²) in [4.78, 5) is 25.5. The van der Waals surface area contributed by atoms with Gasteiger partial charge in [0.25, 0.3) is 11.7 Å². The van der Waals surface area contributed by atoms with Gasteiger partial charge in [0.05, 0.1) is 35.8 Å². The molecule has 3 aromatic rings. The molecule has 1 heterocycles. The summed E-state index contributed by atoms with van der Waals surface area (Å²) in [5, 5.41) is 7.21. The highest BCUT2D eigenvalue weighted by Crippen LogP contribution is 2.25. The van der Waals surface area contributed by atoms with E-state index in [9.17, 15) is 9.59 Å². The van der Waals surface area contributed by atoms with Gasteiger partial charge >= 0.3 is 0 Å². The molecule has 1 amide bonds. The highest BCUT2D eigenvalue weighted by molar-refractivity contribution is 6.43. The molecule has 0 bridgehead atoms. The summed E-state index contributed by atoms with van der Waals surface area (Å²) < 4.78 is 7.01. The summed E-state index contributed by atoms with van der Waals surface area (Å²) in [6.45, 7) is 5.34. The summed E-state index contributed by atoms with van der Waals surface area (Å²) in [6.07, 6.45) is 0. The van der Waals surface area contributed by atoms with Crippen LogP contribution in [0.15, 0.2) is 54.6 Å². The first-order chi connectivity index (χ1) is 13.4. The van der Waals surface area contributed by atoms with Gasteiger partial charge in [-0.05, 0) is 39.0 Å². The molecular weight excluding hydrogens is 354 g/mol. The molecule has 0 fully saturated rings. The number of para-hydroxylation sites is 2. The maximum absolute atomic E-state index is 12.9. The number of amides is 1. The zero-order chi connectivity index (χ0) is 20.3. The normalized spacial score (nSPS) is 11.7. The van der Waals surface area contributed by atoms with Gasteiger partial charge in [0.15, 0.2) is 0 Å². The predicted molar refractivity (Wildman–Crippen MR) is 107 cm³/mol. The maximum atomic E-state index is 12.9. The number of aryl methyl sites for hydroxylation is 1. The number of Topliss-reactive ketones (excluding diaryl/α,β-unsaturated/α-hetero) is 1. The van der Waals surface area contributed by atoms with Crippen LogP contribution in [0.2, 0.25) is 0 Å². The van der Waals surface area contributed by atoms with Crippen LogP contribution >= 0.6 is 0 Å². The SMILES string of the molecule is COc1ccccc1[C@@H](C)NC(=O)C(=O)c1c(C)nn(-c2ccccc2)c1C. The second-order valence-electron chi connectivity index (χ2n) is 6.56. The van der Waals surface area contributed by atoms with Crippen LogP contribution in [0.1, 0.15) is 40.3 Å². The standard InChI is InChI=1S/C22H23N3O3/c1-14(18-12-8-9-13-19(18)28-4)23-22(27)21(26)20-15(2)24-25(16(20)3)17-10-6-5-7-11-17/h5-14H,1-4H3,(H,23,27)/t14-/m1/s1. The Morgan fingerprint density at radius 3 is 2.36 bits per heavy atom. The third kappa shape index (κ3) is 3.67. The van der Waals surface area contributed by atoms with Crippen LogP contribution in [-0.4, -0.2) is 28.6 Å². The molecule has 28 heavy (non-hydrogen) atoms. The molecule has 0 unspecified atom stereocenters. The lowest BCUT2D eigenvalue weighted by atomic mass is 10.1. The summed E-state index contributed by atoms with van der Waals surface area (Å²) in [5.74, 6) is -0.608. The van der Waals surface area contributed by atoms with Crippen LogP contribution in [0.3, 0.4) is 0 Å². The van der Waals surface area contributed by atoms with Gasteiger partial charge in [-0.15, -0.1) is 0 Å². The van der Waals surface area contributed by atoms with Crippen molar-refractivity contribution in [2.45, 2.75) is 26.8 Å². The van der Waals surface area contributed by atoms with Crippen LogP contribution in [0.25, 0.3) is 5.69 Å². The Bertz CT molecular complexity index is 1010. The molecule has 0 aliphatic rings. The lowest BCUT2D eigenvalue weighted by molar-refractivity contribution is -0.117. The van der Waals surface area contributed by atoms with Crippen molar-refractivity contribution in [2.24, 2.45) is 0 Å². The van der Waals surface area contributed by atoms with E-state index in [1.165, 1.54) is 0 Å². The Morgan fingerprint density at radius 2 is 1.68 bits per heavy atom. The quantitative estimate of drug-likeness (QED) is 0.527. The van der Waals surface area contributed by atoms with Gasteiger partial charge < -0.3 is 10.1 Å². The first-order valence-electron chi connectivity index (χ1n) is 9.03. The fourth-order valence-corrected chi connectivity index (χ4v) is 3.27. The van der Waals surface area contributed by atoms with Crippen molar-refractivity contribution in [2.75, 3.05) is 7.11 Å². The van der Waals surface area contributed by atoms with Gasteiger partial charge in [0, 0.05) is 5.56 Å². The van der Waals surface area contributed by atoms with Crippen molar-refractivity contribution >= 4 is 11.7 Å². The summed E-state index contributed by atoms with van der Waals surface area (Å²) in [6, 6.07) is 16.5. The molecule has 0 radical (unpaired) electrons. The number of nitrogens with zero attached hydrogens (tertiary/aromatic N) is 2. The lowest BCUT2D eigenvalue weighted by Crippen LogP contribution is -2.33. The largest absolute Gasteiger partial charge is 0.496 e. The molecule has 0 aliphatic heterocycles. The van der Waals surface area contributed by atoms with Crippen LogP contribution in [0.5, 0.6) is 5.75 Å². The fourth-order valence-electron chi connectivity index (χ4n) is 3.27. The average molecular weight is 377 g/mol. The van der Waals surface area contributed by atoms with Gasteiger partial charge in [-0.2, -0.15) is 5.10 Å². The van der Waals surface area contributed by atoms with Gasteiger partial charge in [0.1, 0.15) is 5.75 Å². The van der Waals surface area contributed by atoms with Gasteiger partial charge in [0.2, 0.25) is 0 Å². The van der Waals surface area contributed by atoms with E-state index < -0.39 is 11.7 Å². The number of carbonyl (C=O) groups is 2. The van der Waals surface area contributed by atoms with Crippen molar-refractivity contribution < 1.29 is 14.3 Å². The highest BCUT2D eigenvalue weighted by Gasteiger charge is 2.26. The molecule has 1 aromatic heterocycles. The minimum atomic E-state index is -0.669. The summed E-state index contributed by atoms with van der Waals surface area (Å²) >= 11 is 0. The van der Waals surface area contributed by atoms with Gasteiger partial charge in [-0.3, -0.25) is 9.59 Å². The van der Waals surface area contributed by atoms with E-state index in [1.807, 2.05) is 61.5 Å². The highest BCUT2D eigenvalue weighted by atomic mass is 16.5. The fraction of sp³-hybridized carbons (Fsp3) is 0.227. The minimum Gasteiger partial charge on any atom is -0.496 e. The molecule has 0 spiro atoms. The van der Waals surface area contributed by atoms with E-state index in [1.54, 1.807) is 25.6 Å². The number of ketones is 1. The third-order valence-corrected chi connectivity index (χ3v) is 4.68. The Morgan fingerprint density at radius 1 is 1.04 bits per heavy atom. The van der Waals surface area contributed by atoms with Crippen molar-refractivity contribution in [1.29, 1.82) is 0 Å². The minimum absolute atomic E-state index is 0.327. The summed E-state index contributed by atoms with van der Waals surface area (Å²) in [5.41, 5.74) is 3.12. The molecule has 6 nitrogen and oxygen atoms in total. The van der Waals surface area contributed by atoms with Crippen molar-refractivity contribution in [3.05, 3.63) is 77.1 Å². The Balaban J connectivity index is 1.84. The van der Waals surface area contributed by atoms with Crippen LogP contribution in [0, 0.1) is 13.8 Å². The first-order valence-corrected chi connectivity index (χ1v) is 9.03. The molecule has 0 aliphatic carbocycles. The van der Waals surface area contributed by atoms with E-state index in [-0.39, 0.29) is 6.04 Å². The van der Waals surface area contributed by atoms with Gasteiger partial charge in [-0.1, -0.05) is 36.4 Å². The van der Waals surface area contributed by atoms with Crippen LogP contribution < -0.4 is 10.1 Å². The Labute approximate surface area is 164 Å². The average Bonchev–Trinajstić information content (AvgIpc) is 3.01. The topological polar surface area (TPSA) is 73.2 Å². The predicted octanol–water partition coefficient (Wildman–Crippen LogP) is 3.56. The van der Waals surface area contributed by atoms with E-state index in [0.29, 0.717) is 22.7 Å². The molecule has 3 rings (SSSR count). The van der Waals surface area contributed by atoms with Gasteiger partial charge in [-0.25, -0.2) is 4.68 Å². The number of hydrogen-bond acceptors (Lipinski definition) is 4. The van der Waals surface area contributed by atoms with Crippen molar-refractivity contribution in [1.82, 2.24) is 15.1 Å². The Hall–Kier alpha value is -3.41. The van der Waals surface area contributed by atoms with Crippen LogP contribution in [-0.2, 0) is 4.79 Å². The number of methoxy groups -OCH3 is 1. The summed E-state index contributed by atoms with van der Waals surface area (Å²) in [7, 11) is 1.57. The molecule has 2 aromatic carbocycles. The molecule has 0 saturated carbocycles.